The monoisotopic (exact) mass is 351 g/mol. The maximum absolute atomic E-state index is 6.18. The molecule has 0 amide bonds. The van der Waals surface area contributed by atoms with Crippen LogP contribution in [0, 0.1) is 5.92 Å². The number of hydrogen-bond donors (Lipinski definition) is 2. The van der Waals surface area contributed by atoms with E-state index in [4.69, 9.17) is 16.3 Å². The van der Waals surface area contributed by atoms with Gasteiger partial charge in [0.05, 0.1) is 0 Å². The van der Waals surface area contributed by atoms with Crippen LogP contribution in [0.5, 0.6) is 0 Å². The third-order valence-electron chi connectivity index (χ3n) is 5.44. The number of nitrogens with two attached hydrogens (primary N) is 2. The second-order valence-corrected chi connectivity index (χ2v) is 7.31. The quantitative estimate of drug-likeness (QED) is 0.889. The van der Waals surface area contributed by atoms with Crippen LogP contribution in [0.1, 0.15) is 38.2 Å². The number of guanidine groups is 2. The number of hydroxylamine groups is 2. The SMILES string of the molecule is CC1CCC2(CC1)N=C(N)N=C(N)N2OCc1cccc2ccccc12. The largest absolute Gasteiger partial charge is 0.368 e. The number of fused-ring (bicyclic) bond motifs is 1. The van der Waals surface area contributed by atoms with E-state index in [1.807, 2.05) is 18.2 Å². The Hall–Kier alpha value is -2.60. The van der Waals surface area contributed by atoms with Gasteiger partial charge in [-0.1, -0.05) is 49.4 Å². The zero-order valence-corrected chi connectivity index (χ0v) is 15.1. The summed E-state index contributed by atoms with van der Waals surface area (Å²) in [4.78, 5) is 15.0. The highest BCUT2D eigenvalue weighted by Crippen LogP contribution is 2.39. The zero-order valence-electron chi connectivity index (χ0n) is 15.1. The van der Waals surface area contributed by atoms with Gasteiger partial charge in [-0.05, 0) is 47.9 Å². The molecule has 1 aliphatic carbocycles. The molecule has 1 heterocycles. The van der Waals surface area contributed by atoms with Crippen LogP contribution in [0.3, 0.4) is 0 Å². The third-order valence-corrected chi connectivity index (χ3v) is 5.44. The first-order valence-corrected chi connectivity index (χ1v) is 9.17. The average Bonchev–Trinajstić information content (AvgIpc) is 2.63. The van der Waals surface area contributed by atoms with E-state index in [-0.39, 0.29) is 11.9 Å². The second kappa shape index (κ2) is 6.61. The van der Waals surface area contributed by atoms with Gasteiger partial charge in [0, 0.05) is 0 Å². The first kappa shape index (κ1) is 16.8. The maximum Gasteiger partial charge on any atom is 0.226 e. The van der Waals surface area contributed by atoms with Gasteiger partial charge in [0.15, 0.2) is 5.66 Å². The Kier molecular flexibility index (Phi) is 4.28. The molecule has 0 atom stereocenters. The van der Waals surface area contributed by atoms with Gasteiger partial charge < -0.3 is 11.5 Å². The van der Waals surface area contributed by atoms with E-state index >= 15 is 0 Å². The molecule has 6 nitrogen and oxygen atoms in total. The van der Waals surface area contributed by atoms with Crippen molar-refractivity contribution in [3.05, 3.63) is 48.0 Å². The fourth-order valence-electron chi connectivity index (χ4n) is 3.94. The molecular formula is C20H25N5O. The molecule has 26 heavy (non-hydrogen) atoms. The van der Waals surface area contributed by atoms with E-state index in [1.165, 1.54) is 10.8 Å². The van der Waals surface area contributed by atoms with Crippen LogP contribution < -0.4 is 11.5 Å². The van der Waals surface area contributed by atoms with E-state index in [9.17, 15) is 0 Å². The fourth-order valence-corrected chi connectivity index (χ4v) is 3.94. The number of hydrogen-bond acceptors (Lipinski definition) is 6. The topological polar surface area (TPSA) is 89.2 Å². The molecule has 6 heteroatoms. The van der Waals surface area contributed by atoms with Gasteiger partial charge in [-0.15, -0.1) is 0 Å². The van der Waals surface area contributed by atoms with Crippen LogP contribution in [-0.4, -0.2) is 22.6 Å². The molecule has 0 saturated heterocycles. The summed E-state index contributed by atoms with van der Waals surface area (Å²) in [5, 5.41) is 4.06. The highest BCUT2D eigenvalue weighted by atomic mass is 16.7. The number of nitrogens with zero attached hydrogens (tertiary/aromatic N) is 3. The predicted molar refractivity (Wildman–Crippen MR) is 104 cm³/mol. The van der Waals surface area contributed by atoms with E-state index in [1.54, 1.807) is 5.06 Å². The van der Waals surface area contributed by atoms with E-state index in [2.05, 4.69) is 41.2 Å². The minimum Gasteiger partial charge on any atom is -0.368 e. The molecule has 1 aliphatic heterocycles. The number of rotatable bonds is 3. The lowest BCUT2D eigenvalue weighted by atomic mass is 9.82. The highest BCUT2D eigenvalue weighted by Gasteiger charge is 2.44. The Morgan fingerprint density at radius 1 is 1.12 bits per heavy atom. The molecule has 1 fully saturated rings. The molecule has 0 unspecified atom stereocenters. The van der Waals surface area contributed by atoms with Crippen molar-refractivity contribution in [2.75, 3.05) is 0 Å². The Labute approximate surface area is 153 Å². The van der Waals surface area contributed by atoms with Crippen molar-refractivity contribution in [2.45, 2.75) is 44.9 Å². The first-order valence-electron chi connectivity index (χ1n) is 9.17. The van der Waals surface area contributed by atoms with Crippen molar-refractivity contribution in [3.8, 4) is 0 Å². The van der Waals surface area contributed by atoms with Crippen molar-refractivity contribution in [2.24, 2.45) is 27.4 Å². The van der Waals surface area contributed by atoms with Gasteiger partial charge in [0.1, 0.15) is 6.61 Å². The maximum atomic E-state index is 6.18. The standard InChI is InChI=1S/C20H25N5O/c1-14-9-11-20(12-10-14)24-18(21)23-19(22)25(20)26-13-16-7-4-6-15-5-2-3-8-17(15)16/h2-8,14H,9-13H2,1H3,(H4,21,22,23,24). The smallest absolute Gasteiger partial charge is 0.226 e. The lowest BCUT2D eigenvalue weighted by Crippen LogP contribution is -2.58. The molecule has 0 bridgehead atoms. The summed E-state index contributed by atoms with van der Waals surface area (Å²) in [5.41, 5.74) is 12.7. The fraction of sp³-hybridized carbons (Fsp3) is 0.400. The minimum absolute atomic E-state index is 0.238. The molecule has 1 spiro atoms. The zero-order chi connectivity index (χ0) is 18.1. The molecule has 136 valence electrons. The summed E-state index contributed by atoms with van der Waals surface area (Å²) >= 11 is 0. The van der Waals surface area contributed by atoms with E-state index < -0.39 is 5.66 Å². The molecule has 2 aromatic rings. The number of benzene rings is 2. The van der Waals surface area contributed by atoms with E-state index in [0.29, 0.717) is 12.5 Å². The molecule has 4 rings (SSSR count). The Morgan fingerprint density at radius 2 is 1.85 bits per heavy atom. The van der Waals surface area contributed by atoms with Gasteiger partial charge in [-0.25, -0.2) is 4.99 Å². The summed E-state index contributed by atoms with van der Waals surface area (Å²) in [6, 6.07) is 14.5. The Balaban J connectivity index is 1.60. The van der Waals surface area contributed by atoms with E-state index in [0.717, 1.165) is 31.2 Å². The average molecular weight is 351 g/mol. The van der Waals surface area contributed by atoms with Crippen LogP contribution in [0.15, 0.2) is 52.4 Å². The van der Waals surface area contributed by atoms with Gasteiger partial charge in [0.2, 0.25) is 11.9 Å². The Bertz CT molecular complexity index is 862. The van der Waals surface area contributed by atoms with Crippen molar-refractivity contribution in [3.63, 3.8) is 0 Å². The summed E-state index contributed by atoms with van der Waals surface area (Å²) in [5.74, 6) is 1.20. The van der Waals surface area contributed by atoms with Crippen LogP contribution in [-0.2, 0) is 11.4 Å². The summed E-state index contributed by atoms with van der Waals surface area (Å²) < 4.78 is 0. The molecular weight excluding hydrogens is 326 g/mol. The van der Waals surface area contributed by atoms with Crippen LogP contribution >= 0.6 is 0 Å². The van der Waals surface area contributed by atoms with Crippen LogP contribution in [0.2, 0.25) is 0 Å². The van der Waals surface area contributed by atoms with Gasteiger partial charge in [0.25, 0.3) is 0 Å². The van der Waals surface area contributed by atoms with Crippen LogP contribution in [0.25, 0.3) is 10.8 Å². The molecule has 1 saturated carbocycles. The normalized spacial score (nSPS) is 26.0. The lowest BCUT2D eigenvalue weighted by molar-refractivity contribution is -0.187. The molecule has 0 radical (unpaired) electrons. The highest BCUT2D eigenvalue weighted by molar-refractivity contribution is 5.95. The van der Waals surface area contributed by atoms with Crippen molar-refractivity contribution < 1.29 is 4.84 Å². The molecule has 2 aromatic carbocycles. The summed E-state index contributed by atoms with van der Waals surface area (Å²) in [6.45, 7) is 2.67. The van der Waals surface area contributed by atoms with Crippen molar-refractivity contribution >= 4 is 22.7 Å². The van der Waals surface area contributed by atoms with Crippen molar-refractivity contribution in [1.82, 2.24) is 5.06 Å². The Morgan fingerprint density at radius 3 is 2.65 bits per heavy atom. The minimum atomic E-state index is -0.535. The van der Waals surface area contributed by atoms with Gasteiger partial charge in [-0.2, -0.15) is 10.1 Å². The first-order chi connectivity index (χ1) is 12.6. The van der Waals surface area contributed by atoms with Crippen molar-refractivity contribution in [1.29, 1.82) is 0 Å². The second-order valence-electron chi connectivity index (χ2n) is 7.31. The lowest BCUT2D eigenvalue weighted by Gasteiger charge is -2.45. The predicted octanol–water partition coefficient (Wildman–Crippen LogP) is 3.12. The van der Waals surface area contributed by atoms with Gasteiger partial charge >= 0.3 is 0 Å². The molecule has 0 aromatic heterocycles. The summed E-state index contributed by atoms with van der Waals surface area (Å²) in [7, 11) is 0. The summed E-state index contributed by atoms with van der Waals surface area (Å²) in [6.07, 6.45) is 3.86. The third kappa shape index (κ3) is 3.01. The molecule has 2 aliphatic rings. The van der Waals surface area contributed by atoms with Gasteiger partial charge in [-0.3, -0.25) is 4.84 Å². The molecule has 4 N–H and O–H groups in total. The van der Waals surface area contributed by atoms with Crippen LogP contribution in [0.4, 0.5) is 0 Å². The number of aliphatic imine (C=N–C) groups is 2.